The lowest BCUT2D eigenvalue weighted by molar-refractivity contribution is 0.866. The Morgan fingerprint density at radius 2 is 0.848 bits per heavy atom. The van der Waals surface area contributed by atoms with Gasteiger partial charge in [0.25, 0.3) is 0 Å². The maximum atomic E-state index is 2.39. The van der Waals surface area contributed by atoms with Gasteiger partial charge in [0, 0.05) is 18.8 Å². The molecule has 0 amide bonds. The zero-order valence-corrected chi connectivity index (χ0v) is 20.2. The van der Waals surface area contributed by atoms with Crippen molar-refractivity contribution in [3.63, 3.8) is 0 Å². The Kier molecular flexibility index (Phi) is 7.10. The van der Waals surface area contributed by atoms with Crippen LogP contribution in [0.2, 0.25) is 0 Å². The highest BCUT2D eigenvalue weighted by atomic mass is 15.1. The molecule has 0 saturated carbocycles. The smallest absolute Gasteiger partial charge is 0.0366 e. The van der Waals surface area contributed by atoms with Crippen LogP contribution in [-0.4, -0.2) is 13.1 Å². The number of nitrogens with zero attached hydrogens (tertiary/aromatic N) is 1. The van der Waals surface area contributed by atoms with Gasteiger partial charge in [0.05, 0.1) is 0 Å². The van der Waals surface area contributed by atoms with Crippen LogP contribution in [-0.2, 0) is 0 Å². The number of anilines is 1. The van der Waals surface area contributed by atoms with Crippen molar-refractivity contribution in [3.05, 3.63) is 137 Å². The van der Waals surface area contributed by atoms with Gasteiger partial charge in [-0.3, -0.25) is 0 Å². The summed E-state index contributed by atoms with van der Waals surface area (Å²) in [6.45, 7) is 10.7. The second kappa shape index (κ2) is 10.4. The Morgan fingerprint density at radius 3 is 1.24 bits per heavy atom. The minimum absolute atomic E-state index is 1.01. The first kappa shape index (κ1) is 22.6. The molecule has 33 heavy (non-hydrogen) atoms. The number of benzene rings is 4. The van der Waals surface area contributed by atoms with E-state index in [2.05, 4.69) is 136 Å². The molecule has 0 atom stereocenters. The number of aryl methyl sites for hydroxylation is 2. The number of rotatable bonds is 7. The van der Waals surface area contributed by atoms with Crippen LogP contribution < -0.4 is 4.90 Å². The molecule has 0 radical (unpaired) electrons. The first-order valence-electron chi connectivity index (χ1n) is 11.9. The fourth-order valence-electron chi connectivity index (χ4n) is 4.38. The lowest BCUT2D eigenvalue weighted by Gasteiger charge is -2.22. The van der Waals surface area contributed by atoms with E-state index in [-0.39, 0.29) is 0 Å². The summed E-state index contributed by atoms with van der Waals surface area (Å²) in [5, 5.41) is 0. The van der Waals surface area contributed by atoms with Gasteiger partial charge in [-0.2, -0.15) is 0 Å². The second-order valence-electron chi connectivity index (χ2n) is 8.57. The zero-order valence-electron chi connectivity index (χ0n) is 20.2. The molecule has 4 aromatic carbocycles. The van der Waals surface area contributed by atoms with Crippen LogP contribution in [0.5, 0.6) is 0 Å². The summed E-state index contributed by atoms with van der Waals surface area (Å²) in [4.78, 5) is 2.39. The largest absolute Gasteiger partial charge is 0.372 e. The molecular formula is C32H33N. The molecule has 0 N–H and O–H groups in total. The van der Waals surface area contributed by atoms with E-state index in [0.717, 1.165) is 13.1 Å². The fourth-order valence-corrected chi connectivity index (χ4v) is 4.38. The minimum atomic E-state index is 1.01. The maximum absolute atomic E-state index is 2.39. The molecule has 1 nitrogen and oxygen atoms in total. The van der Waals surface area contributed by atoms with Crippen molar-refractivity contribution in [2.24, 2.45) is 0 Å². The third-order valence-electron chi connectivity index (χ3n) is 6.28. The van der Waals surface area contributed by atoms with Crippen LogP contribution in [0.4, 0.5) is 5.69 Å². The minimum Gasteiger partial charge on any atom is -0.372 e. The van der Waals surface area contributed by atoms with Crippen molar-refractivity contribution in [2.45, 2.75) is 27.7 Å². The highest BCUT2D eigenvalue weighted by Crippen LogP contribution is 2.37. The molecule has 4 aromatic rings. The Labute approximate surface area is 199 Å². The quantitative estimate of drug-likeness (QED) is 0.267. The van der Waals surface area contributed by atoms with E-state index in [1.54, 1.807) is 0 Å². The van der Waals surface area contributed by atoms with Crippen LogP contribution in [0.15, 0.2) is 103 Å². The lowest BCUT2D eigenvalue weighted by Crippen LogP contribution is -2.21. The first-order chi connectivity index (χ1) is 16.1. The summed E-state index contributed by atoms with van der Waals surface area (Å²) in [6, 6.07) is 37.6. The Bertz CT molecular complexity index is 1190. The van der Waals surface area contributed by atoms with Crippen LogP contribution in [0, 0.1) is 13.8 Å². The van der Waals surface area contributed by atoms with Gasteiger partial charge < -0.3 is 4.90 Å². The summed E-state index contributed by atoms with van der Waals surface area (Å²) < 4.78 is 0. The van der Waals surface area contributed by atoms with Crippen LogP contribution in [0.3, 0.4) is 0 Å². The molecule has 0 fully saturated rings. The van der Waals surface area contributed by atoms with Crippen molar-refractivity contribution < 1.29 is 0 Å². The van der Waals surface area contributed by atoms with E-state index < -0.39 is 0 Å². The highest BCUT2D eigenvalue weighted by molar-refractivity contribution is 6.04. The van der Waals surface area contributed by atoms with Crippen LogP contribution in [0.25, 0.3) is 11.1 Å². The maximum Gasteiger partial charge on any atom is 0.0366 e. The summed E-state index contributed by atoms with van der Waals surface area (Å²) in [6.07, 6.45) is 0. The van der Waals surface area contributed by atoms with Crippen LogP contribution >= 0.6 is 0 Å². The van der Waals surface area contributed by atoms with Crippen molar-refractivity contribution in [2.75, 3.05) is 18.0 Å². The van der Waals surface area contributed by atoms with E-state index in [1.807, 2.05) is 0 Å². The molecule has 0 aliphatic carbocycles. The van der Waals surface area contributed by atoms with E-state index in [4.69, 9.17) is 0 Å². The second-order valence-corrected chi connectivity index (χ2v) is 8.57. The molecule has 0 spiro atoms. The van der Waals surface area contributed by atoms with Gasteiger partial charge in [-0.15, -0.1) is 0 Å². The van der Waals surface area contributed by atoms with E-state index in [0.29, 0.717) is 0 Å². The number of hydrogen-bond donors (Lipinski definition) is 0. The molecule has 0 heterocycles. The van der Waals surface area contributed by atoms with Crippen LogP contribution in [0.1, 0.15) is 47.2 Å². The van der Waals surface area contributed by atoms with Gasteiger partial charge >= 0.3 is 0 Å². The molecule has 0 aromatic heterocycles. The molecule has 4 rings (SSSR count). The topological polar surface area (TPSA) is 3.24 Å². The van der Waals surface area contributed by atoms with Gasteiger partial charge in [0.2, 0.25) is 0 Å². The Hall–Kier alpha value is -3.58. The Balaban J connectivity index is 2.00. The average Bonchev–Trinajstić information content (AvgIpc) is 2.86. The van der Waals surface area contributed by atoms with Crippen molar-refractivity contribution >= 4 is 16.8 Å². The van der Waals surface area contributed by atoms with Gasteiger partial charge in [-0.05, 0) is 73.2 Å². The zero-order chi connectivity index (χ0) is 23.2. The molecule has 0 saturated heterocycles. The van der Waals surface area contributed by atoms with Gasteiger partial charge in [0.15, 0.2) is 0 Å². The third kappa shape index (κ3) is 5.09. The third-order valence-corrected chi connectivity index (χ3v) is 6.28. The van der Waals surface area contributed by atoms with Crippen molar-refractivity contribution in [1.82, 2.24) is 0 Å². The summed E-state index contributed by atoms with van der Waals surface area (Å²) in [5.74, 6) is 0. The van der Waals surface area contributed by atoms with Crippen molar-refractivity contribution in [1.29, 1.82) is 0 Å². The first-order valence-corrected chi connectivity index (χ1v) is 11.9. The fraction of sp³-hybridized carbons (Fsp3) is 0.188. The molecule has 0 unspecified atom stereocenters. The summed E-state index contributed by atoms with van der Waals surface area (Å²) in [7, 11) is 0. The van der Waals surface area contributed by atoms with E-state index >= 15 is 0 Å². The summed E-state index contributed by atoms with van der Waals surface area (Å²) >= 11 is 0. The van der Waals surface area contributed by atoms with Gasteiger partial charge in [0.1, 0.15) is 0 Å². The predicted octanol–water partition coefficient (Wildman–Crippen LogP) is 8.16. The lowest BCUT2D eigenvalue weighted by atomic mass is 9.85. The monoisotopic (exact) mass is 431 g/mol. The van der Waals surface area contributed by atoms with E-state index in [1.165, 1.54) is 50.2 Å². The molecule has 166 valence electrons. The van der Waals surface area contributed by atoms with Gasteiger partial charge in [-0.25, -0.2) is 0 Å². The standard InChI is InChI=1S/C32H33N/c1-5-33(6-2)30-22-20-29(21-23-30)32(28-18-14-25(4)15-19-28)31(26-10-8-7-9-11-26)27-16-12-24(3)13-17-27/h7-23H,5-6H2,1-4H3/b32-31-. The summed E-state index contributed by atoms with van der Waals surface area (Å²) in [5.41, 5.74) is 11.2. The van der Waals surface area contributed by atoms with Gasteiger partial charge in [-0.1, -0.05) is 102 Å². The average molecular weight is 432 g/mol. The Morgan fingerprint density at radius 1 is 0.485 bits per heavy atom. The predicted molar refractivity (Wildman–Crippen MR) is 144 cm³/mol. The molecule has 0 aliphatic heterocycles. The highest BCUT2D eigenvalue weighted by Gasteiger charge is 2.16. The van der Waals surface area contributed by atoms with Crippen molar-refractivity contribution in [3.8, 4) is 0 Å². The molecular weight excluding hydrogens is 398 g/mol. The SMILES string of the molecule is CCN(CC)c1ccc(/C(=C(/c2ccccc2)c2ccc(C)cc2)c2ccc(C)cc2)cc1. The normalized spacial score (nSPS) is 11.8. The molecule has 0 aliphatic rings. The van der Waals surface area contributed by atoms with E-state index in [9.17, 15) is 0 Å². The molecule has 1 heteroatoms. The number of hydrogen-bond acceptors (Lipinski definition) is 1. The molecule has 0 bridgehead atoms.